The van der Waals surface area contributed by atoms with Crippen molar-refractivity contribution in [1.82, 2.24) is 9.88 Å². The SMILES string of the molecule is CCn1ccc(CN[C@@H](C)c2cccc(Br)c2)c1. The van der Waals surface area contributed by atoms with Crippen LogP contribution in [0.2, 0.25) is 0 Å². The van der Waals surface area contributed by atoms with Gasteiger partial charge in [0, 0.05) is 36.0 Å². The van der Waals surface area contributed by atoms with Gasteiger partial charge in [0.15, 0.2) is 0 Å². The van der Waals surface area contributed by atoms with Crippen LogP contribution in [0.25, 0.3) is 0 Å². The number of hydrogen-bond donors (Lipinski definition) is 1. The van der Waals surface area contributed by atoms with Crippen LogP contribution in [0.4, 0.5) is 0 Å². The quantitative estimate of drug-likeness (QED) is 0.879. The molecule has 1 N–H and O–H groups in total. The highest BCUT2D eigenvalue weighted by Crippen LogP contribution is 2.18. The molecule has 1 heterocycles. The fraction of sp³-hybridized carbons (Fsp3) is 0.333. The average Bonchev–Trinajstić information content (AvgIpc) is 2.84. The third-order valence-corrected chi connectivity index (χ3v) is 3.63. The van der Waals surface area contributed by atoms with Crippen molar-refractivity contribution in [3.63, 3.8) is 0 Å². The van der Waals surface area contributed by atoms with E-state index in [4.69, 9.17) is 0 Å². The maximum atomic E-state index is 3.55. The first-order chi connectivity index (χ1) is 8.69. The number of nitrogens with one attached hydrogen (secondary N) is 1. The number of hydrogen-bond acceptors (Lipinski definition) is 1. The van der Waals surface area contributed by atoms with Gasteiger partial charge in [-0.15, -0.1) is 0 Å². The second kappa shape index (κ2) is 6.21. The van der Waals surface area contributed by atoms with E-state index in [1.165, 1.54) is 11.1 Å². The van der Waals surface area contributed by atoms with Crippen LogP contribution < -0.4 is 5.32 Å². The van der Waals surface area contributed by atoms with Gasteiger partial charge in [0.1, 0.15) is 0 Å². The first-order valence-electron chi connectivity index (χ1n) is 6.32. The van der Waals surface area contributed by atoms with Crippen LogP contribution in [0, 0.1) is 0 Å². The maximum absolute atomic E-state index is 3.55. The molecule has 0 radical (unpaired) electrons. The number of aryl methyl sites for hydroxylation is 1. The summed E-state index contributed by atoms with van der Waals surface area (Å²) >= 11 is 3.51. The van der Waals surface area contributed by atoms with E-state index in [9.17, 15) is 0 Å². The van der Waals surface area contributed by atoms with E-state index in [2.05, 4.69) is 82.4 Å². The Bertz CT molecular complexity index is 505. The third-order valence-electron chi connectivity index (χ3n) is 3.14. The molecule has 1 aromatic carbocycles. The highest BCUT2D eigenvalue weighted by molar-refractivity contribution is 9.10. The molecule has 2 aromatic rings. The van der Waals surface area contributed by atoms with Crippen LogP contribution in [0.5, 0.6) is 0 Å². The summed E-state index contributed by atoms with van der Waals surface area (Å²) in [7, 11) is 0. The monoisotopic (exact) mass is 306 g/mol. The molecule has 0 bridgehead atoms. The average molecular weight is 307 g/mol. The highest BCUT2D eigenvalue weighted by atomic mass is 79.9. The predicted molar refractivity (Wildman–Crippen MR) is 79.5 cm³/mol. The molecular weight excluding hydrogens is 288 g/mol. The molecule has 0 amide bonds. The van der Waals surface area contributed by atoms with Gasteiger partial charge < -0.3 is 9.88 Å². The van der Waals surface area contributed by atoms with E-state index in [1.807, 2.05) is 0 Å². The van der Waals surface area contributed by atoms with Crippen molar-refractivity contribution < 1.29 is 0 Å². The molecule has 1 atom stereocenters. The molecule has 3 heteroatoms. The zero-order valence-corrected chi connectivity index (χ0v) is 12.4. The molecule has 0 aliphatic rings. The Kier molecular flexibility index (Phi) is 4.61. The van der Waals surface area contributed by atoms with Crippen molar-refractivity contribution >= 4 is 15.9 Å². The van der Waals surface area contributed by atoms with Crippen molar-refractivity contribution in [1.29, 1.82) is 0 Å². The summed E-state index contributed by atoms with van der Waals surface area (Å²) in [6, 6.07) is 11.0. The van der Waals surface area contributed by atoms with Gasteiger partial charge in [-0.2, -0.15) is 0 Å². The maximum Gasteiger partial charge on any atom is 0.0295 e. The molecule has 0 saturated carbocycles. The largest absolute Gasteiger partial charge is 0.354 e. The van der Waals surface area contributed by atoms with Crippen molar-refractivity contribution in [3.8, 4) is 0 Å². The third kappa shape index (κ3) is 3.47. The first kappa shape index (κ1) is 13.4. The zero-order valence-electron chi connectivity index (χ0n) is 10.9. The standard InChI is InChI=1S/C15H19BrN2/c1-3-18-8-7-13(11-18)10-17-12(2)14-5-4-6-15(16)9-14/h4-9,11-12,17H,3,10H2,1-2H3/t12-/m0/s1. The van der Waals surface area contributed by atoms with Gasteiger partial charge in [0.05, 0.1) is 0 Å². The molecule has 2 nitrogen and oxygen atoms in total. The minimum atomic E-state index is 0.354. The van der Waals surface area contributed by atoms with Crippen LogP contribution in [0.15, 0.2) is 47.2 Å². The van der Waals surface area contributed by atoms with Gasteiger partial charge in [-0.1, -0.05) is 28.1 Å². The minimum Gasteiger partial charge on any atom is -0.354 e. The highest BCUT2D eigenvalue weighted by Gasteiger charge is 2.05. The summed E-state index contributed by atoms with van der Waals surface area (Å²) in [4.78, 5) is 0. The summed E-state index contributed by atoms with van der Waals surface area (Å²) in [6.07, 6.45) is 4.32. The fourth-order valence-electron chi connectivity index (χ4n) is 1.96. The Morgan fingerprint density at radius 2 is 2.17 bits per heavy atom. The van der Waals surface area contributed by atoms with Crippen LogP contribution >= 0.6 is 15.9 Å². The van der Waals surface area contributed by atoms with Crippen molar-refractivity contribution in [2.75, 3.05) is 0 Å². The molecule has 0 saturated heterocycles. The number of aromatic nitrogens is 1. The Balaban J connectivity index is 1.93. The summed E-state index contributed by atoms with van der Waals surface area (Å²) in [5.74, 6) is 0. The zero-order chi connectivity index (χ0) is 13.0. The van der Waals surface area contributed by atoms with Crippen LogP contribution in [0.1, 0.15) is 31.0 Å². The Morgan fingerprint density at radius 1 is 1.33 bits per heavy atom. The molecular formula is C15H19BrN2. The van der Waals surface area contributed by atoms with Crippen LogP contribution in [-0.2, 0) is 13.1 Å². The van der Waals surface area contributed by atoms with E-state index < -0.39 is 0 Å². The van der Waals surface area contributed by atoms with E-state index in [0.29, 0.717) is 6.04 Å². The predicted octanol–water partition coefficient (Wildman–Crippen LogP) is 4.12. The molecule has 0 aliphatic heterocycles. The molecule has 0 fully saturated rings. The lowest BCUT2D eigenvalue weighted by atomic mass is 10.1. The number of rotatable bonds is 5. The lowest BCUT2D eigenvalue weighted by Crippen LogP contribution is -2.17. The second-order valence-electron chi connectivity index (χ2n) is 4.51. The Hall–Kier alpha value is -1.06. The number of nitrogens with zero attached hydrogens (tertiary/aromatic N) is 1. The molecule has 1 aromatic heterocycles. The Morgan fingerprint density at radius 3 is 2.83 bits per heavy atom. The van der Waals surface area contributed by atoms with Gasteiger partial charge in [-0.3, -0.25) is 0 Å². The molecule has 96 valence electrons. The second-order valence-corrected chi connectivity index (χ2v) is 5.42. The van der Waals surface area contributed by atoms with Gasteiger partial charge in [0.25, 0.3) is 0 Å². The number of benzene rings is 1. The summed E-state index contributed by atoms with van der Waals surface area (Å²) in [5, 5.41) is 3.55. The van der Waals surface area contributed by atoms with Gasteiger partial charge in [-0.05, 0) is 43.2 Å². The Labute approximate surface area is 117 Å². The topological polar surface area (TPSA) is 17.0 Å². The summed E-state index contributed by atoms with van der Waals surface area (Å²) in [6.45, 7) is 6.28. The summed E-state index contributed by atoms with van der Waals surface area (Å²) in [5.41, 5.74) is 2.64. The molecule has 2 rings (SSSR count). The van der Waals surface area contributed by atoms with E-state index in [0.717, 1.165) is 17.6 Å². The lowest BCUT2D eigenvalue weighted by Gasteiger charge is -2.14. The smallest absolute Gasteiger partial charge is 0.0295 e. The van der Waals surface area contributed by atoms with E-state index >= 15 is 0 Å². The van der Waals surface area contributed by atoms with Gasteiger partial charge in [0.2, 0.25) is 0 Å². The number of halogens is 1. The van der Waals surface area contributed by atoms with Crippen molar-refractivity contribution in [3.05, 3.63) is 58.3 Å². The van der Waals surface area contributed by atoms with Crippen molar-refractivity contribution in [2.45, 2.75) is 33.0 Å². The molecule has 0 aliphatic carbocycles. The first-order valence-corrected chi connectivity index (χ1v) is 7.12. The minimum absolute atomic E-state index is 0.354. The van der Waals surface area contributed by atoms with Crippen LogP contribution in [0.3, 0.4) is 0 Å². The fourth-order valence-corrected chi connectivity index (χ4v) is 2.37. The van der Waals surface area contributed by atoms with Crippen LogP contribution in [-0.4, -0.2) is 4.57 Å². The van der Waals surface area contributed by atoms with E-state index in [-0.39, 0.29) is 0 Å². The molecule has 18 heavy (non-hydrogen) atoms. The molecule has 0 spiro atoms. The summed E-state index contributed by atoms with van der Waals surface area (Å²) < 4.78 is 3.33. The van der Waals surface area contributed by atoms with E-state index in [1.54, 1.807) is 0 Å². The van der Waals surface area contributed by atoms with Gasteiger partial charge >= 0.3 is 0 Å². The molecule has 0 unspecified atom stereocenters. The lowest BCUT2D eigenvalue weighted by molar-refractivity contribution is 0.573. The van der Waals surface area contributed by atoms with Gasteiger partial charge in [-0.25, -0.2) is 0 Å². The van der Waals surface area contributed by atoms with Crippen molar-refractivity contribution in [2.24, 2.45) is 0 Å². The normalized spacial score (nSPS) is 12.6.